The highest BCUT2D eigenvalue weighted by molar-refractivity contribution is 5.94. The van der Waals surface area contributed by atoms with Gasteiger partial charge >= 0.3 is 0 Å². The van der Waals surface area contributed by atoms with Crippen molar-refractivity contribution in [2.24, 2.45) is 5.73 Å². The number of benzene rings is 2. The molecule has 2 aromatic carbocycles. The Morgan fingerprint density at radius 1 is 1.17 bits per heavy atom. The van der Waals surface area contributed by atoms with Gasteiger partial charge in [0.2, 0.25) is 0 Å². The molecular weight excluding hydrogens is 300 g/mol. The first-order valence-electron chi connectivity index (χ1n) is 8.36. The van der Waals surface area contributed by atoms with Crippen LogP contribution in [0.5, 0.6) is 5.75 Å². The third kappa shape index (κ3) is 3.29. The van der Waals surface area contributed by atoms with Crippen molar-refractivity contribution >= 4 is 5.91 Å². The highest BCUT2D eigenvalue weighted by atomic mass is 16.5. The molecule has 0 radical (unpaired) electrons. The van der Waals surface area contributed by atoms with E-state index in [0.717, 1.165) is 29.8 Å². The summed E-state index contributed by atoms with van der Waals surface area (Å²) in [5.41, 5.74) is 8.65. The fourth-order valence-corrected chi connectivity index (χ4v) is 3.38. The van der Waals surface area contributed by atoms with E-state index in [1.807, 2.05) is 41.3 Å². The Labute approximate surface area is 143 Å². The van der Waals surface area contributed by atoms with Gasteiger partial charge in [-0.2, -0.15) is 0 Å². The number of ether oxygens (including phenoxy) is 1. The summed E-state index contributed by atoms with van der Waals surface area (Å²) in [5, 5.41) is 0. The van der Waals surface area contributed by atoms with Crippen LogP contribution in [0.15, 0.2) is 48.5 Å². The number of nitrogens with two attached hydrogens (primary N) is 1. The van der Waals surface area contributed by atoms with Crippen LogP contribution >= 0.6 is 0 Å². The lowest BCUT2D eigenvalue weighted by Crippen LogP contribution is -2.33. The smallest absolute Gasteiger partial charge is 0.254 e. The fraction of sp³-hybridized carbons (Fsp3) is 0.350. The van der Waals surface area contributed by atoms with Gasteiger partial charge in [0.1, 0.15) is 5.75 Å². The lowest BCUT2D eigenvalue weighted by molar-refractivity contribution is 0.0746. The minimum atomic E-state index is 0.0992. The topological polar surface area (TPSA) is 55.6 Å². The number of nitrogens with zero attached hydrogens (tertiary/aromatic N) is 1. The average molecular weight is 324 g/mol. The van der Waals surface area contributed by atoms with Crippen LogP contribution in [0.1, 0.15) is 40.7 Å². The van der Waals surface area contributed by atoms with E-state index in [0.29, 0.717) is 12.5 Å². The van der Waals surface area contributed by atoms with Gasteiger partial charge in [0, 0.05) is 30.6 Å². The predicted molar refractivity (Wildman–Crippen MR) is 95.2 cm³/mol. The van der Waals surface area contributed by atoms with Crippen molar-refractivity contribution in [1.29, 1.82) is 0 Å². The van der Waals surface area contributed by atoms with E-state index in [-0.39, 0.29) is 11.9 Å². The third-order valence-corrected chi connectivity index (χ3v) is 4.86. The normalized spacial score (nSPS) is 20.2. The Morgan fingerprint density at radius 2 is 1.83 bits per heavy atom. The molecule has 0 bridgehead atoms. The second-order valence-electron chi connectivity index (χ2n) is 6.41. The Balaban J connectivity index is 1.73. The number of carbonyl (C=O) groups excluding carboxylic acids is 1. The summed E-state index contributed by atoms with van der Waals surface area (Å²) in [4.78, 5) is 14.8. The zero-order chi connectivity index (χ0) is 17.1. The van der Waals surface area contributed by atoms with Gasteiger partial charge in [-0.1, -0.05) is 24.3 Å². The summed E-state index contributed by atoms with van der Waals surface area (Å²) in [6, 6.07) is 16.0. The Morgan fingerprint density at radius 3 is 2.42 bits per heavy atom. The summed E-state index contributed by atoms with van der Waals surface area (Å²) in [6.07, 6.45) is 0.985. The van der Waals surface area contributed by atoms with Gasteiger partial charge < -0.3 is 15.4 Å². The quantitative estimate of drug-likeness (QED) is 0.940. The van der Waals surface area contributed by atoms with Crippen molar-refractivity contribution in [1.82, 2.24) is 4.90 Å². The molecule has 24 heavy (non-hydrogen) atoms. The van der Waals surface area contributed by atoms with Gasteiger partial charge in [-0.15, -0.1) is 0 Å². The summed E-state index contributed by atoms with van der Waals surface area (Å²) >= 11 is 0. The van der Waals surface area contributed by atoms with E-state index < -0.39 is 0 Å². The van der Waals surface area contributed by atoms with Crippen LogP contribution in [0.2, 0.25) is 0 Å². The van der Waals surface area contributed by atoms with Gasteiger partial charge in [-0.3, -0.25) is 4.79 Å². The maximum absolute atomic E-state index is 12.8. The first kappa shape index (κ1) is 16.5. The van der Waals surface area contributed by atoms with Gasteiger partial charge in [-0.05, 0) is 48.7 Å². The molecule has 2 N–H and O–H groups in total. The summed E-state index contributed by atoms with van der Waals surface area (Å²) in [6.45, 7) is 3.37. The van der Waals surface area contributed by atoms with Gasteiger partial charge in [0.25, 0.3) is 5.91 Å². The first-order valence-corrected chi connectivity index (χ1v) is 8.36. The molecule has 0 saturated carbocycles. The summed E-state index contributed by atoms with van der Waals surface area (Å²) in [5.74, 6) is 1.33. The van der Waals surface area contributed by atoms with Crippen molar-refractivity contribution in [3.8, 4) is 5.75 Å². The van der Waals surface area contributed by atoms with Crippen LogP contribution in [0.25, 0.3) is 0 Å². The lowest BCUT2D eigenvalue weighted by atomic mass is 9.97. The van der Waals surface area contributed by atoms with E-state index in [9.17, 15) is 4.79 Å². The van der Waals surface area contributed by atoms with Crippen LogP contribution in [0, 0.1) is 0 Å². The number of methoxy groups -OCH3 is 1. The molecule has 2 atom stereocenters. The largest absolute Gasteiger partial charge is 0.497 e. The van der Waals surface area contributed by atoms with Crippen LogP contribution in [-0.4, -0.2) is 30.5 Å². The van der Waals surface area contributed by atoms with Gasteiger partial charge in [0.05, 0.1) is 7.11 Å². The molecular formula is C20H24N2O2. The number of hydrogen-bond donors (Lipinski definition) is 1. The molecule has 4 heteroatoms. The molecule has 0 aliphatic carbocycles. The molecule has 1 fully saturated rings. The van der Waals surface area contributed by atoms with Gasteiger partial charge in [0.15, 0.2) is 0 Å². The second-order valence-corrected chi connectivity index (χ2v) is 6.41. The molecule has 1 amide bonds. The molecule has 0 aromatic heterocycles. The van der Waals surface area contributed by atoms with Crippen LogP contribution < -0.4 is 10.5 Å². The second kappa shape index (κ2) is 7.05. The lowest BCUT2D eigenvalue weighted by Gasteiger charge is -2.21. The predicted octanol–water partition coefficient (Wildman–Crippen LogP) is 3.17. The fourth-order valence-electron chi connectivity index (χ4n) is 3.38. The zero-order valence-corrected chi connectivity index (χ0v) is 14.2. The minimum Gasteiger partial charge on any atom is -0.497 e. The number of rotatable bonds is 4. The van der Waals surface area contributed by atoms with Crippen LogP contribution in [0.3, 0.4) is 0 Å². The van der Waals surface area contributed by atoms with Crippen LogP contribution in [0.4, 0.5) is 0 Å². The Bertz CT molecular complexity index is 695. The molecule has 1 saturated heterocycles. The van der Waals surface area contributed by atoms with E-state index in [1.54, 1.807) is 7.11 Å². The molecule has 0 unspecified atom stereocenters. The number of amides is 1. The number of likely N-dealkylation sites (tertiary alicyclic amines) is 1. The molecule has 3 rings (SSSR count). The molecule has 1 aliphatic rings. The molecule has 1 aliphatic heterocycles. The minimum absolute atomic E-state index is 0.0992. The van der Waals surface area contributed by atoms with Crippen molar-refractivity contribution in [2.45, 2.75) is 31.8 Å². The molecule has 2 aromatic rings. The summed E-state index contributed by atoms with van der Waals surface area (Å²) < 4.78 is 5.22. The van der Waals surface area contributed by atoms with Crippen LogP contribution in [-0.2, 0) is 6.54 Å². The SMILES string of the molecule is COc1ccc([C@H]2C[C@@H](C)N(C(=O)c3ccc(CN)cc3)C2)cc1. The maximum atomic E-state index is 12.8. The highest BCUT2D eigenvalue weighted by Gasteiger charge is 2.33. The maximum Gasteiger partial charge on any atom is 0.254 e. The Kier molecular flexibility index (Phi) is 4.86. The van der Waals surface area contributed by atoms with E-state index in [2.05, 4.69) is 19.1 Å². The molecule has 126 valence electrons. The zero-order valence-electron chi connectivity index (χ0n) is 14.2. The van der Waals surface area contributed by atoms with Gasteiger partial charge in [-0.25, -0.2) is 0 Å². The standard InChI is InChI=1S/C20H24N2O2/c1-14-11-18(16-7-9-19(24-2)10-8-16)13-22(14)20(23)17-5-3-15(12-21)4-6-17/h3-10,14,18H,11-13,21H2,1-2H3/t14-,18+/m1/s1. The Hall–Kier alpha value is -2.33. The number of carbonyl (C=O) groups is 1. The van der Waals surface area contributed by atoms with E-state index in [4.69, 9.17) is 10.5 Å². The first-order chi connectivity index (χ1) is 11.6. The van der Waals surface area contributed by atoms with Crippen molar-refractivity contribution in [3.63, 3.8) is 0 Å². The average Bonchev–Trinajstić information content (AvgIpc) is 3.03. The number of hydrogen-bond acceptors (Lipinski definition) is 3. The summed E-state index contributed by atoms with van der Waals surface area (Å²) in [7, 11) is 1.67. The molecule has 0 spiro atoms. The van der Waals surface area contributed by atoms with E-state index >= 15 is 0 Å². The molecule has 1 heterocycles. The third-order valence-electron chi connectivity index (χ3n) is 4.86. The van der Waals surface area contributed by atoms with E-state index in [1.165, 1.54) is 5.56 Å². The molecule has 4 nitrogen and oxygen atoms in total. The van der Waals surface area contributed by atoms with Crippen molar-refractivity contribution in [3.05, 3.63) is 65.2 Å². The van der Waals surface area contributed by atoms with Crippen molar-refractivity contribution < 1.29 is 9.53 Å². The highest BCUT2D eigenvalue weighted by Crippen LogP contribution is 2.33. The monoisotopic (exact) mass is 324 g/mol. The van der Waals surface area contributed by atoms with Crippen molar-refractivity contribution in [2.75, 3.05) is 13.7 Å².